The van der Waals surface area contributed by atoms with E-state index >= 15 is 0 Å². The fraction of sp³-hybridized carbons (Fsp3) is 0.652. The Bertz CT molecular complexity index is 790. The van der Waals surface area contributed by atoms with Crippen molar-refractivity contribution in [2.45, 2.75) is 63.9 Å². The number of rotatable bonds is 6. The van der Waals surface area contributed by atoms with E-state index in [1.807, 2.05) is 0 Å². The molecule has 0 radical (unpaired) electrons. The molecule has 3 N–H and O–H groups in total. The van der Waals surface area contributed by atoms with E-state index in [9.17, 15) is 9.90 Å². The van der Waals surface area contributed by atoms with Gasteiger partial charge in [-0.25, -0.2) is 4.79 Å². The summed E-state index contributed by atoms with van der Waals surface area (Å²) in [5, 5.41) is 18.3. The Kier molecular flexibility index (Phi) is 6.60. The predicted octanol–water partition coefficient (Wildman–Crippen LogP) is 2.67. The van der Waals surface area contributed by atoms with Crippen LogP contribution < -0.4 is 10.6 Å². The van der Waals surface area contributed by atoms with E-state index in [2.05, 4.69) is 16.7 Å². The third-order valence-electron chi connectivity index (χ3n) is 6.76. The minimum atomic E-state index is -1.62. The summed E-state index contributed by atoms with van der Waals surface area (Å²) >= 11 is 5.59. The van der Waals surface area contributed by atoms with E-state index in [1.165, 1.54) is 35.1 Å². The number of fused-ring (bicyclic) bond motifs is 2. The minimum Gasteiger partial charge on any atom is -0.464 e. The van der Waals surface area contributed by atoms with Crippen LogP contribution in [-0.4, -0.2) is 48.2 Å². The number of nitrogens with one attached hydrogen (secondary N) is 2. The molecular weight excluding hydrogens is 400 g/mol. The summed E-state index contributed by atoms with van der Waals surface area (Å²) in [5.74, 6) is -0.806. The number of esters is 1. The van der Waals surface area contributed by atoms with Crippen molar-refractivity contribution in [2.24, 2.45) is 5.92 Å². The first kappa shape index (κ1) is 21.5. The zero-order chi connectivity index (χ0) is 21.1. The van der Waals surface area contributed by atoms with Crippen molar-refractivity contribution in [3.05, 3.63) is 28.3 Å². The normalized spacial score (nSPS) is 20.2. The molecular formula is C23H32N2O4S. The van der Waals surface area contributed by atoms with Crippen LogP contribution in [0.5, 0.6) is 0 Å². The van der Waals surface area contributed by atoms with Crippen molar-refractivity contribution in [1.29, 1.82) is 0 Å². The largest absolute Gasteiger partial charge is 0.464 e. The number of hydrogen-bond acceptors (Lipinski definition) is 5. The van der Waals surface area contributed by atoms with Gasteiger partial charge in [-0.15, -0.1) is 0 Å². The van der Waals surface area contributed by atoms with E-state index in [4.69, 9.17) is 21.7 Å². The smallest absolute Gasteiger partial charge is 0.340 e. The molecule has 0 aromatic heterocycles. The number of benzene rings is 1. The van der Waals surface area contributed by atoms with Crippen molar-refractivity contribution >= 4 is 29.0 Å². The van der Waals surface area contributed by atoms with Gasteiger partial charge in [0.15, 0.2) is 10.7 Å². The zero-order valence-electron chi connectivity index (χ0n) is 17.7. The molecule has 2 aliphatic carbocycles. The number of thiocarbonyl (C=S) groups is 1. The maximum absolute atomic E-state index is 12.6. The highest BCUT2D eigenvalue weighted by atomic mass is 32.1. The monoisotopic (exact) mass is 432 g/mol. The van der Waals surface area contributed by atoms with Crippen LogP contribution in [0, 0.1) is 5.92 Å². The molecule has 1 aliphatic heterocycles. The van der Waals surface area contributed by atoms with E-state index in [-0.39, 0.29) is 19.1 Å². The average molecular weight is 433 g/mol. The predicted molar refractivity (Wildman–Crippen MR) is 120 cm³/mol. The Morgan fingerprint density at radius 3 is 2.43 bits per heavy atom. The quantitative estimate of drug-likeness (QED) is 0.471. The summed E-state index contributed by atoms with van der Waals surface area (Å²) in [5.41, 5.74) is 5.17. The maximum Gasteiger partial charge on any atom is 0.340 e. The van der Waals surface area contributed by atoms with Crippen molar-refractivity contribution in [3.8, 4) is 0 Å². The molecule has 0 amide bonds. The highest BCUT2D eigenvalue weighted by Crippen LogP contribution is 2.38. The van der Waals surface area contributed by atoms with Gasteiger partial charge in [-0.05, 0) is 92.8 Å². The molecule has 3 aliphatic rings. The second-order valence-corrected chi connectivity index (χ2v) is 8.98. The van der Waals surface area contributed by atoms with Gasteiger partial charge in [0.1, 0.15) is 0 Å². The summed E-state index contributed by atoms with van der Waals surface area (Å²) in [6.45, 7) is 3.09. The van der Waals surface area contributed by atoms with E-state index in [0.717, 1.165) is 31.4 Å². The SMILES string of the molecule is CCOC(=O)C(O)(CNC(=S)Nc1c2c(cc3c1CCC3)CCC2)C1CCOCC1. The Labute approximate surface area is 183 Å². The fourth-order valence-electron chi connectivity index (χ4n) is 5.15. The van der Waals surface area contributed by atoms with Crippen molar-refractivity contribution in [1.82, 2.24) is 5.32 Å². The highest BCUT2D eigenvalue weighted by Gasteiger charge is 2.46. The lowest BCUT2D eigenvalue weighted by molar-refractivity contribution is -0.174. The molecule has 1 fully saturated rings. The van der Waals surface area contributed by atoms with Crippen LogP contribution in [0.1, 0.15) is 54.9 Å². The summed E-state index contributed by atoms with van der Waals surface area (Å²) in [6.07, 6.45) is 8.01. The topological polar surface area (TPSA) is 79.8 Å². The first-order valence-corrected chi connectivity index (χ1v) is 11.6. The molecule has 0 spiro atoms. The molecule has 1 heterocycles. The first-order valence-electron chi connectivity index (χ1n) is 11.2. The molecule has 4 rings (SSSR count). The molecule has 1 atom stereocenters. The minimum absolute atomic E-state index is 0.0273. The molecule has 30 heavy (non-hydrogen) atoms. The molecule has 7 heteroatoms. The Morgan fingerprint density at radius 1 is 1.20 bits per heavy atom. The zero-order valence-corrected chi connectivity index (χ0v) is 18.5. The van der Waals surface area contributed by atoms with Crippen LogP contribution in [-0.2, 0) is 40.0 Å². The third kappa shape index (κ3) is 4.20. The lowest BCUT2D eigenvalue weighted by Crippen LogP contribution is -2.56. The molecule has 1 aromatic rings. The molecule has 0 saturated carbocycles. The van der Waals surface area contributed by atoms with Gasteiger partial charge in [0.05, 0.1) is 13.2 Å². The number of aryl methyl sites for hydroxylation is 2. The van der Waals surface area contributed by atoms with Crippen LogP contribution in [0.3, 0.4) is 0 Å². The first-order chi connectivity index (χ1) is 14.5. The standard InChI is InChI=1S/C23H32N2O4S/c1-2-29-21(26)23(27,17-9-11-28-12-10-17)14-24-22(30)25-20-18-7-3-5-15(18)13-16-6-4-8-19(16)20/h13,17,27H,2-12,14H2,1H3,(H2,24,25,30). The van der Waals surface area contributed by atoms with Gasteiger partial charge in [0.2, 0.25) is 0 Å². The Morgan fingerprint density at radius 2 is 1.83 bits per heavy atom. The van der Waals surface area contributed by atoms with Crippen molar-refractivity contribution < 1.29 is 19.4 Å². The van der Waals surface area contributed by atoms with Gasteiger partial charge in [-0.3, -0.25) is 0 Å². The summed E-state index contributed by atoms with van der Waals surface area (Å²) in [4.78, 5) is 12.6. The number of hydrogen-bond donors (Lipinski definition) is 3. The van der Waals surface area contributed by atoms with Crippen LogP contribution in [0.4, 0.5) is 5.69 Å². The molecule has 1 unspecified atom stereocenters. The van der Waals surface area contributed by atoms with Gasteiger partial charge in [0, 0.05) is 24.8 Å². The van der Waals surface area contributed by atoms with Crippen molar-refractivity contribution in [2.75, 3.05) is 31.7 Å². The van der Waals surface area contributed by atoms with Crippen LogP contribution in [0.25, 0.3) is 0 Å². The van der Waals surface area contributed by atoms with Crippen LogP contribution in [0.15, 0.2) is 6.07 Å². The van der Waals surface area contributed by atoms with Gasteiger partial charge in [0.25, 0.3) is 0 Å². The number of carbonyl (C=O) groups is 1. The summed E-state index contributed by atoms with van der Waals surface area (Å²) < 4.78 is 10.6. The Balaban J connectivity index is 1.48. The molecule has 1 aromatic carbocycles. The summed E-state index contributed by atoms with van der Waals surface area (Å²) in [6, 6.07) is 2.39. The molecule has 164 valence electrons. The third-order valence-corrected chi connectivity index (χ3v) is 7.00. The molecule has 6 nitrogen and oxygen atoms in total. The summed E-state index contributed by atoms with van der Waals surface area (Å²) in [7, 11) is 0. The number of anilines is 1. The fourth-order valence-corrected chi connectivity index (χ4v) is 5.33. The van der Waals surface area contributed by atoms with Crippen LogP contribution >= 0.6 is 12.2 Å². The van der Waals surface area contributed by atoms with E-state index in [1.54, 1.807) is 6.92 Å². The average Bonchev–Trinajstić information content (AvgIpc) is 3.42. The van der Waals surface area contributed by atoms with E-state index < -0.39 is 11.6 Å². The molecule has 1 saturated heterocycles. The lowest BCUT2D eigenvalue weighted by atomic mass is 9.81. The maximum atomic E-state index is 12.6. The van der Waals surface area contributed by atoms with E-state index in [0.29, 0.717) is 31.2 Å². The number of ether oxygens (including phenoxy) is 2. The second-order valence-electron chi connectivity index (χ2n) is 8.57. The number of carbonyl (C=O) groups excluding carboxylic acids is 1. The van der Waals surface area contributed by atoms with Crippen LogP contribution in [0.2, 0.25) is 0 Å². The Hall–Kier alpha value is -1.70. The highest BCUT2D eigenvalue weighted by molar-refractivity contribution is 7.80. The number of aliphatic hydroxyl groups is 1. The van der Waals surface area contributed by atoms with Gasteiger partial charge >= 0.3 is 5.97 Å². The van der Waals surface area contributed by atoms with Gasteiger partial charge in [-0.2, -0.15) is 0 Å². The van der Waals surface area contributed by atoms with Gasteiger partial charge < -0.3 is 25.2 Å². The lowest BCUT2D eigenvalue weighted by Gasteiger charge is -2.36. The second kappa shape index (κ2) is 9.20. The van der Waals surface area contributed by atoms with Crippen molar-refractivity contribution in [3.63, 3.8) is 0 Å². The molecule has 0 bridgehead atoms. The van der Waals surface area contributed by atoms with Gasteiger partial charge in [-0.1, -0.05) is 6.07 Å².